The molecule has 0 aliphatic heterocycles. The summed E-state index contributed by atoms with van der Waals surface area (Å²) in [5.74, 6) is 0. The fourth-order valence-corrected chi connectivity index (χ4v) is 2.30. The minimum absolute atomic E-state index is 0.351. The minimum atomic E-state index is -0.351. The first-order chi connectivity index (χ1) is 6.77. The van der Waals surface area contributed by atoms with Crippen LogP contribution in [0.5, 0.6) is 0 Å². The highest BCUT2D eigenvalue weighted by molar-refractivity contribution is 5.98. The summed E-state index contributed by atoms with van der Waals surface area (Å²) in [5.41, 5.74) is 8.90. The van der Waals surface area contributed by atoms with E-state index in [9.17, 15) is 5.11 Å². The van der Waals surface area contributed by atoms with E-state index in [4.69, 9.17) is 5.73 Å². The van der Waals surface area contributed by atoms with Crippen LogP contribution in [-0.2, 0) is 6.42 Å². The van der Waals surface area contributed by atoms with Gasteiger partial charge in [0.25, 0.3) is 0 Å². The Hall–Kier alpha value is -1.54. The third-order valence-electron chi connectivity index (χ3n) is 2.97. The molecule has 0 amide bonds. The number of nitrogen functional groups attached to an aromatic ring is 1. The van der Waals surface area contributed by atoms with Crippen molar-refractivity contribution in [3.05, 3.63) is 41.5 Å². The molecule has 0 aromatic heterocycles. The molecule has 2 aromatic rings. The van der Waals surface area contributed by atoms with Crippen molar-refractivity contribution in [2.24, 2.45) is 0 Å². The van der Waals surface area contributed by atoms with Crippen LogP contribution in [0.15, 0.2) is 30.3 Å². The zero-order valence-electron chi connectivity index (χ0n) is 7.70. The van der Waals surface area contributed by atoms with E-state index in [0.29, 0.717) is 0 Å². The molecule has 2 heteroatoms. The fraction of sp³-hybridized carbons (Fsp3) is 0.167. The summed E-state index contributed by atoms with van der Waals surface area (Å²) in [6.45, 7) is 0. The van der Waals surface area contributed by atoms with Crippen LogP contribution in [0.3, 0.4) is 0 Å². The molecule has 1 atom stereocenters. The van der Waals surface area contributed by atoms with Gasteiger partial charge < -0.3 is 10.8 Å². The molecule has 2 aromatic carbocycles. The maximum Gasteiger partial charge on any atom is 0.0836 e. The maximum absolute atomic E-state index is 9.82. The Kier molecular flexibility index (Phi) is 1.39. The van der Waals surface area contributed by atoms with Crippen LogP contribution in [0.4, 0.5) is 5.69 Å². The highest BCUT2D eigenvalue weighted by Crippen LogP contribution is 2.38. The first-order valence-corrected chi connectivity index (χ1v) is 4.75. The van der Waals surface area contributed by atoms with E-state index < -0.39 is 0 Å². The summed E-state index contributed by atoms with van der Waals surface area (Å²) in [4.78, 5) is 0. The molecule has 0 fully saturated rings. The zero-order chi connectivity index (χ0) is 9.71. The molecule has 3 N–H and O–H groups in total. The molecule has 0 spiro atoms. The van der Waals surface area contributed by atoms with E-state index in [1.807, 2.05) is 30.3 Å². The highest BCUT2D eigenvalue weighted by Gasteiger charge is 2.22. The number of aliphatic hydroxyl groups excluding tert-OH is 1. The number of nitrogens with two attached hydrogens (primary N) is 1. The monoisotopic (exact) mass is 185 g/mol. The lowest BCUT2D eigenvalue weighted by atomic mass is 10.0. The van der Waals surface area contributed by atoms with E-state index in [0.717, 1.165) is 28.4 Å². The normalized spacial score (nSPS) is 19.1. The number of rotatable bonds is 0. The second-order valence-corrected chi connectivity index (χ2v) is 3.80. The summed E-state index contributed by atoms with van der Waals surface area (Å²) in [7, 11) is 0. The lowest BCUT2D eigenvalue weighted by Gasteiger charge is -2.04. The number of anilines is 1. The Balaban J connectivity index is 2.52. The molecule has 70 valence electrons. The van der Waals surface area contributed by atoms with Gasteiger partial charge in [-0.3, -0.25) is 0 Å². The van der Waals surface area contributed by atoms with E-state index in [1.165, 1.54) is 5.56 Å². The smallest absolute Gasteiger partial charge is 0.0836 e. The molecule has 14 heavy (non-hydrogen) atoms. The van der Waals surface area contributed by atoms with Crippen molar-refractivity contribution in [2.45, 2.75) is 12.5 Å². The van der Waals surface area contributed by atoms with E-state index in [2.05, 4.69) is 0 Å². The molecular formula is C12H11NO. The topological polar surface area (TPSA) is 46.2 Å². The van der Waals surface area contributed by atoms with Gasteiger partial charge in [0.2, 0.25) is 0 Å². The van der Waals surface area contributed by atoms with Crippen molar-refractivity contribution in [3.8, 4) is 0 Å². The number of aliphatic hydroxyl groups is 1. The van der Waals surface area contributed by atoms with Crippen LogP contribution < -0.4 is 5.73 Å². The molecule has 0 bridgehead atoms. The predicted octanol–water partition coefficient (Wildman–Crippen LogP) is 2.01. The van der Waals surface area contributed by atoms with Gasteiger partial charge in [0.05, 0.1) is 6.10 Å². The lowest BCUT2D eigenvalue weighted by Crippen LogP contribution is -1.91. The van der Waals surface area contributed by atoms with Crippen molar-refractivity contribution in [3.63, 3.8) is 0 Å². The zero-order valence-corrected chi connectivity index (χ0v) is 7.70. The fourth-order valence-electron chi connectivity index (χ4n) is 2.30. The Morgan fingerprint density at radius 2 is 2.07 bits per heavy atom. The second-order valence-electron chi connectivity index (χ2n) is 3.80. The quantitative estimate of drug-likeness (QED) is 0.617. The first kappa shape index (κ1) is 7.83. The number of hydrogen-bond acceptors (Lipinski definition) is 2. The summed E-state index contributed by atoms with van der Waals surface area (Å²) >= 11 is 0. The van der Waals surface area contributed by atoms with Gasteiger partial charge >= 0.3 is 0 Å². The van der Waals surface area contributed by atoms with Crippen LogP contribution in [0.2, 0.25) is 0 Å². The second kappa shape index (κ2) is 2.49. The van der Waals surface area contributed by atoms with Crippen molar-refractivity contribution in [2.75, 3.05) is 5.73 Å². The Labute approximate surface area is 82.0 Å². The van der Waals surface area contributed by atoms with Crippen molar-refractivity contribution >= 4 is 16.5 Å². The molecule has 1 unspecified atom stereocenters. The average molecular weight is 185 g/mol. The largest absolute Gasteiger partial charge is 0.398 e. The summed E-state index contributed by atoms with van der Waals surface area (Å²) in [6.07, 6.45) is 0.367. The standard InChI is InChI=1S/C12H11NO/c13-10-5-4-7-6-11(14)9-3-1-2-8(10)12(7)9/h1-5,11,14H,6,13H2. The summed E-state index contributed by atoms with van der Waals surface area (Å²) in [5, 5.41) is 12.0. The van der Waals surface area contributed by atoms with Gasteiger partial charge in [0, 0.05) is 17.5 Å². The van der Waals surface area contributed by atoms with Crippen LogP contribution >= 0.6 is 0 Å². The highest BCUT2D eigenvalue weighted by atomic mass is 16.3. The van der Waals surface area contributed by atoms with Crippen LogP contribution in [0.25, 0.3) is 10.8 Å². The van der Waals surface area contributed by atoms with Gasteiger partial charge in [-0.05, 0) is 22.6 Å². The molecule has 0 saturated heterocycles. The minimum Gasteiger partial charge on any atom is -0.398 e. The molecule has 3 rings (SSSR count). The molecule has 0 radical (unpaired) electrons. The van der Waals surface area contributed by atoms with Gasteiger partial charge in [-0.1, -0.05) is 24.3 Å². The van der Waals surface area contributed by atoms with E-state index >= 15 is 0 Å². The van der Waals surface area contributed by atoms with E-state index in [1.54, 1.807) is 0 Å². The lowest BCUT2D eigenvalue weighted by molar-refractivity contribution is 0.185. The molecular weight excluding hydrogens is 174 g/mol. The summed E-state index contributed by atoms with van der Waals surface area (Å²) < 4.78 is 0. The van der Waals surface area contributed by atoms with Crippen molar-refractivity contribution in [1.82, 2.24) is 0 Å². The van der Waals surface area contributed by atoms with Crippen molar-refractivity contribution in [1.29, 1.82) is 0 Å². The number of benzene rings is 2. The Bertz CT molecular complexity index is 519. The predicted molar refractivity (Wildman–Crippen MR) is 57.0 cm³/mol. The average Bonchev–Trinajstić information content (AvgIpc) is 2.52. The third-order valence-corrected chi connectivity index (χ3v) is 2.97. The van der Waals surface area contributed by atoms with Crippen molar-refractivity contribution < 1.29 is 5.11 Å². The van der Waals surface area contributed by atoms with Gasteiger partial charge in [-0.25, -0.2) is 0 Å². The maximum atomic E-state index is 9.82. The van der Waals surface area contributed by atoms with Gasteiger partial charge in [0.1, 0.15) is 0 Å². The van der Waals surface area contributed by atoms with E-state index in [-0.39, 0.29) is 6.10 Å². The Morgan fingerprint density at radius 3 is 2.93 bits per heavy atom. The first-order valence-electron chi connectivity index (χ1n) is 4.75. The summed E-state index contributed by atoms with van der Waals surface area (Å²) in [6, 6.07) is 9.86. The van der Waals surface area contributed by atoms with Gasteiger partial charge in [-0.2, -0.15) is 0 Å². The van der Waals surface area contributed by atoms with Crippen LogP contribution in [0, 0.1) is 0 Å². The Morgan fingerprint density at radius 1 is 1.21 bits per heavy atom. The molecule has 2 nitrogen and oxygen atoms in total. The van der Waals surface area contributed by atoms with Gasteiger partial charge in [-0.15, -0.1) is 0 Å². The number of hydrogen-bond donors (Lipinski definition) is 2. The molecule has 0 heterocycles. The van der Waals surface area contributed by atoms with Gasteiger partial charge in [0.15, 0.2) is 0 Å². The molecule has 1 aliphatic carbocycles. The SMILES string of the molecule is Nc1ccc2c3c(cccc13)C(O)C2. The third kappa shape index (κ3) is 0.836. The molecule has 0 saturated carbocycles. The van der Waals surface area contributed by atoms with Crippen LogP contribution in [-0.4, -0.2) is 5.11 Å². The van der Waals surface area contributed by atoms with Crippen LogP contribution in [0.1, 0.15) is 17.2 Å². The molecule has 1 aliphatic rings.